The molecule has 4 rings (SSSR count). The summed E-state index contributed by atoms with van der Waals surface area (Å²) in [5, 5.41) is 7.84. The topological polar surface area (TPSA) is 67.6 Å². The Labute approximate surface area is 150 Å². The van der Waals surface area contributed by atoms with Crippen LogP contribution in [0.15, 0.2) is 24.5 Å². The highest BCUT2D eigenvalue weighted by Gasteiger charge is 2.24. The summed E-state index contributed by atoms with van der Waals surface area (Å²) in [5.41, 5.74) is 0.929. The van der Waals surface area contributed by atoms with Crippen molar-refractivity contribution in [1.29, 1.82) is 0 Å². The van der Waals surface area contributed by atoms with E-state index in [4.69, 9.17) is 4.74 Å². The monoisotopic (exact) mass is 358 g/mol. The number of aromatic nitrogens is 4. The molecule has 0 amide bonds. The summed E-state index contributed by atoms with van der Waals surface area (Å²) < 4.78 is 7.28. The molecule has 1 saturated heterocycles. The summed E-state index contributed by atoms with van der Waals surface area (Å²) in [6.07, 6.45) is 1.54. The fraction of sp³-hybridized carbons (Fsp3) is 0.471. The molecule has 132 valence electrons. The van der Waals surface area contributed by atoms with E-state index in [2.05, 4.69) is 44.3 Å². The van der Waals surface area contributed by atoms with Crippen molar-refractivity contribution in [3.63, 3.8) is 0 Å². The molecule has 0 saturated carbocycles. The Bertz CT molecular complexity index is 854. The molecule has 0 bridgehead atoms. The van der Waals surface area contributed by atoms with Crippen LogP contribution in [-0.4, -0.2) is 57.3 Å². The highest BCUT2D eigenvalue weighted by molar-refractivity contribution is 7.12. The van der Waals surface area contributed by atoms with Crippen LogP contribution in [-0.2, 0) is 4.74 Å². The number of hydrogen-bond donors (Lipinski definition) is 1. The van der Waals surface area contributed by atoms with Gasteiger partial charge < -0.3 is 10.1 Å². The zero-order chi connectivity index (χ0) is 17.2. The Kier molecular flexibility index (Phi) is 4.65. The van der Waals surface area contributed by atoms with Gasteiger partial charge in [0.25, 0.3) is 5.78 Å². The maximum Gasteiger partial charge on any atom is 0.254 e. The SMILES string of the molecule is Cc1cc(NCC(c2ccc(C)s2)N2CCOCC2)n2ncnc2n1. The number of fused-ring (bicyclic) bond motifs is 1. The number of nitrogens with zero attached hydrogens (tertiary/aromatic N) is 5. The molecule has 1 aliphatic heterocycles. The van der Waals surface area contributed by atoms with Crippen LogP contribution < -0.4 is 5.32 Å². The molecule has 3 aromatic heterocycles. The van der Waals surface area contributed by atoms with Crippen LogP contribution in [0.25, 0.3) is 5.78 Å². The van der Waals surface area contributed by atoms with Crippen molar-refractivity contribution in [3.8, 4) is 0 Å². The summed E-state index contributed by atoms with van der Waals surface area (Å²) in [4.78, 5) is 13.8. The molecule has 25 heavy (non-hydrogen) atoms. The zero-order valence-electron chi connectivity index (χ0n) is 14.5. The second-order valence-corrected chi connectivity index (χ2v) is 7.57. The number of hydrogen-bond acceptors (Lipinski definition) is 7. The minimum absolute atomic E-state index is 0.314. The van der Waals surface area contributed by atoms with Crippen molar-refractivity contribution >= 4 is 22.9 Å². The number of nitrogens with one attached hydrogen (secondary N) is 1. The van der Waals surface area contributed by atoms with Crippen LogP contribution in [0.5, 0.6) is 0 Å². The predicted octanol–water partition coefficient (Wildman–Crippen LogP) is 2.29. The van der Waals surface area contributed by atoms with Crippen LogP contribution in [0.3, 0.4) is 0 Å². The maximum atomic E-state index is 5.53. The molecule has 0 radical (unpaired) electrons. The van der Waals surface area contributed by atoms with Crippen LogP contribution in [0.2, 0.25) is 0 Å². The maximum absolute atomic E-state index is 5.53. The molecular formula is C17H22N6OS. The molecule has 0 aliphatic carbocycles. The van der Waals surface area contributed by atoms with Crippen molar-refractivity contribution in [2.24, 2.45) is 0 Å². The number of ether oxygens (including phenoxy) is 1. The molecule has 0 aromatic carbocycles. The van der Waals surface area contributed by atoms with Gasteiger partial charge >= 0.3 is 0 Å². The van der Waals surface area contributed by atoms with Gasteiger partial charge in [0.2, 0.25) is 0 Å². The Morgan fingerprint density at radius 3 is 2.88 bits per heavy atom. The molecular weight excluding hydrogens is 336 g/mol. The Balaban J connectivity index is 1.58. The van der Waals surface area contributed by atoms with E-state index in [0.717, 1.165) is 44.4 Å². The normalized spacial score (nSPS) is 17.0. The van der Waals surface area contributed by atoms with E-state index >= 15 is 0 Å². The van der Waals surface area contributed by atoms with Crippen molar-refractivity contribution in [1.82, 2.24) is 24.5 Å². The first kappa shape index (κ1) is 16.4. The third-order valence-corrected chi connectivity index (χ3v) is 5.53. The molecule has 1 atom stereocenters. The third-order valence-electron chi connectivity index (χ3n) is 4.43. The van der Waals surface area contributed by atoms with Crippen LogP contribution in [0.4, 0.5) is 5.82 Å². The van der Waals surface area contributed by atoms with Crippen LogP contribution in [0.1, 0.15) is 21.5 Å². The molecule has 3 aromatic rings. The van der Waals surface area contributed by atoms with E-state index < -0.39 is 0 Å². The van der Waals surface area contributed by atoms with E-state index in [1.54, 1.807) is 4.52 Å². The van der Waals surface area contributed by atoms with E-state index in [9.17, 15) is 0 Å². The molecule has 1 aliphatic rings. The molecule has 1 unspecified atom stereocenters. The van der Waals surface area contributed by atoms with Gasteiger partial charge in [0.15, 0.2) is 0 Å². The minimum Gasteiger partial charge on any atom is -0.379 e. The van der Waals surface area contributed by atoms with Crippen molar-refractivity contribution in [2.75, 3.05) is 38.2 Å². The van der Waals surface area contributed by atoms with Gasteiger partial charge in [-0.15, -0.1) is 11.3 Å². The zero-order valence-corrected chi connectivity index (χ0v) is 15.3. The quantitative estimate of drug-likeness (QED) is 0.755. The lowest BCUT2D eigenvalue weighted by molar-refractivity contribution is 0.0194. The fourth-order valence-electron chi connectivity index (χ4n) is 3.19. The lowest BCUT2D eigenvalue weighted by atomic mass is 10.2. The minimum atomic E-state index is 0.314. The summed E-state index contributed by atoms with van der Waals surface area (Å²) in [5.74, 6) is 1.55. The average molecular weight is 358 g/mol. The first-order valence-corrected chi connectivity index (χ1v) is 9.32. The van der Waals surface area contributed by atoms with Gasteiger partial charge in [0.1, 0.15) is 12.1 Å². The fourth-order valence-corrected chi connectivity index (χ4v) is 4.20. The van der Waals surface area contributed by atoms with Crippen LogP contribution in [0, 0.1) is 13.8 Å². The lowest BCUT2D eigenvalue weighted by Crippen LogP contribution is -2.41. The van der Waals surface area contributed by atoms with Gasteiger partial charge in [0, 0.05) is 41.1 Å². The summed E-state index contributed by atoms with van der Waals surface area (Å²) in [7, 11) is 0. The average Bonchev–Trinajstić information content (AvgIpc) is 3.25. The van der Waals surface area contributed by atoms with Gasteiger partial charge in [0.05, 0.1) is 19.3 Å². The lowest BCUT2D eigenvalue weighted by Gasteiger charge is -2.34. The van der Waals surface area contributed by atoms with Crippen LogP contribution >= 0.6 is 11.3 Å². The Hall–Kier alpha value is -2.03. The number of aryl methyl sites for hydroxylation is 2. The van der Waals surface area contributed by atoms with Gasteiger partial charge in [-0.05, 0) is 26.0 Å². The van der Waals surface area contributed by atoms with Gasteiger partial charge in [-0.3, -0.25) is 4.90 Å². The van der Waals surface area contributed by atoms with E-state index in [1.807, 2.05) is 24.3 Å². The van der Waals surface area contributed by atoms with Gasteiger partial charge in [-0.2, -0.15) is 14.6 Å². The van der Waals surface area contributed by atoms with Crippen molar-refractivity contribution in [2.45, 2.75) is 19.9 Å². The largest absolute Gasteiger partial charge is 0.379 e. The summed E-state index contributed by atoms with van der Waals surface area (Å²) >= 11 is 1.86. The predicted molar refractivity (Wildman–Crippen MR) is 98.2 cm³/mol. The van der Waals surface area contributed by atoms with E-state index in [0.29, 0.717) is 11.8 Å². The standard InChI is InChI=1S/C17H22N6OS/c1-12-9-16(23-17(21-12)19-11-20-23)18-10-14(15-4-3-13(2)25-15)22-5-7-24-8-6-22/h3-4,9,11,14,18H,5-8,10H2,1-2H3. The molecule has 4 heterocycles. The number of rotatable bonds is 5. The molecule has 7 nitrogen and oxygen atoms in total. The molecule has 1 fully saturated rings. The van der Waals surface area contributed by atoms with E-state index in [1.165, 1.54) is 16.1 Å². The Morgan fingerprint density at radius 1 is 1.28 bits per heavy atom. The number of thiophene rings is 1. The highest BCUT2D eigenvalue weighted by atomic mass is 32.1. The van der Waals surface area contributed by atoms with Crippen molar-refractivity contribution in [3.05, 3.63) is 40.0 Å². The summed E-state index contributed by atoms with van der Waals surface area (Å²) in [6.45, 7) is 8.43. The smallest absolute Gasteiger partial charge is 0.254 e. The third kappa shape index (κ3) is 3.51. The first-order chi connectivity index (χ1) is 12.2. The van der Waals surface area contributed by atoms with E-state index in [-0.39, 0.29) is 0 Å². The first-order valence-electron chi connectivity index (χ1n) is 8.50. The van der Waals surface area contributed by atoms with Crippen molar-refractivity contribution < 1.29 is 4.74 Å². The Morgan fingerprint density at radius 2 is 2.12 bits per heavy atom. The van der Waals surface area contributed by atoms with Gasteiger partial charge in [-0.1, -0.05) is 0 Å². The second kappa shape index (κ2) is 7.07. The summed E-state index contributed by atoms with van der Waals surface area (Å²) in [6, 6.07) is 6.76. The number of anilines is 1. The second-order valence-electron chi connectivity index (χ2n) is 6.25. The highest BCUT2D eigenvalue weighted by Crippen LogP contribution is 2.28. The molecule has 8 heteroatoms. The van der Waals surface area contributed by atoms with Gasteiger partial charge in [-0.25, -0.2) is 4.98 Å². The molecule has 1 N–H and O–H groups in total. The number of morpholine rings is 1. The molecule has 0 spiro atoms.